The lowest BCUT2D eigenvalue weighted by Crippen LogP contribution is -2.38. The Balaban J connectivity index is 2.21. The van der Waals surface area contributed by atoms with Crippen molar-refractivity contribution in [2.24, 2.45) is 5.73 Å². The first-order valence-electron chi connectivity index (χ1n) is 6.72. The molecule has 1 aliphatic rings. The van der Waals surface area contributed by atoms with E-state index in [2.05, 4.69) is 20.9 Å². The van der Waals surface area contributed by atoms with Crippen molar-refractivity contribution in [1.29, 1.82) is 0 Å². The Labute approximate surface area is 126 Å². The summed E-state index contributed by atoms with van der Waals surface area (Å²) in [5.74, 6) is 0.385. The van der Waals surface area contributed by atoms with Crippen molar-refractivity contribution in [3.8, 4) is 5.88 Å². The Kier molecular flexibility index (Phi) is 4.93. The van der Waals surface area contributed by atoms with Gasteiger partial charge in [0.1, 0.15) is 12.3 Å². The van der Waals surface area contributed by atoms with Gasteiger partial charge >= 0.3 is 0 Å². The fourth-order valence-electron chi connectivity index (χ4n) is 2.40. The van der Waals surface area contributed by atoms with E-state index < -0.39 is 4.92 Å². The second kappa shape index (κ2) is 6.49. The third-order valence-electron chi connectivity index (χ3n) is 3.67. The summed E-state index contributed by atoms with van der Waals surface area (Å²) in [5.41, 5.74) is 6.61. The summed E-state index contributed by atoms with van der Waals surface area (Å²) in [5, 5.41) is 10.9. The molecule has 0 saturated heterocycles. The minimum Gasteiger partial charge on any atom is -0.472 e. The summed E-state index contributed by atoms with van der Waals surface area (Å²) < 4.78 is 6.42. The molecule has 1 heterocycles. The molecule has 2 rings (SSSR count). The maximum Gasteiger partial charge on any atom is 0.291 e. The first kappa shape index (κ1) is 15.2. The molecule has 2 N–H and O–H groups in total. The van der Waals surface area contributed by atoms with Crippen molar-refractivity contribution in [3.63, 3.8) is 0 Å². The van der Waals surface area contributed by atoms with Gasteiger partial charge in [0.05, 0.1) is 9.40 Å². The SMILES string of the molecule is Cc1c([N+](=O)[O-])cnc(OC2CCCCCC2N)c1Br. The largest absolute Gasteiger partial charge is 0.472 e. The van der Waals surface area contributed by atoms with Crippen LogP contribution in [0.15, 0.2) is 10.7 Å². The number of halogens is 1. The molecule has 20 heavy (non-hydrogen) atoms. The molecular formula is C13H18BrN3O3. The van der Waals surface area contributed by atoms with Crippen molar-refractivity contribution in [2.45, 2.75) is 51.2 Å². The second-order valence-corrected chi connectivity index (χ2v) is 5.90. The molecule has 2 unspecified atom stereocenters. The van der Waals surface area contributed by atoms with Crippen LogP contribution in [0.25, 0.3) is 0 Å². The number of aromatic nitrogens is 1. The fourth-order valence-corrected chi connectivity index (χ4v) is 2.80. The van der Waals surface area contributed by atoms with Gasteiger partial charge in [0.25, 0.3) is 5.69 Å². The van der Waals surface area contributed by atoms with E-state index in [0.29, 0.717) is 15.9 Å². The van der Waals surface area contributed by atoms with Gasteiger partial charge in [-0.25, -0.2) is 4.98 Å². The number of nitro groups is 1. The van der Waals surface area contributed by atoms with Crippen LogP contribution in [0.3, 0.4) is 0 Å². The van der Waals surface area contributed by atoms with Gasteiger partial charge in [-0.2, -0.15) is 0 Å². The highest BCUT2D eigenvalue weighted by molar-refractivity contribution is 9.10. The zero-order valence-electron chi connectivity index (χ0n) is 11.3. The number of ether oxygens (including phenoxy) is 1. The molecule has 1 aliphatic carbocycles. The van der Waals surface area contributed by atoms with Crippen LogP contribution in [0.5, 0.6) is 5.88 Å². The normalized spacial score (nSPS) is 23.1. The number of nitrogens with two attached hydrogens (primary N) is 1. The van der Waals surface area contributed by atoms with Crippen LogP contribution in [-0.2, 0) is 0 Å². The Bertz CT molecular complexity index is 510. The quantitative estimate of drug-likeness (QED) is 0.517. The summed E-state index contributed by atoms with van der Waals surface area (Å²) in [6.45, 7) is 1.67. The Morgan fingerprint density at radius 2 is 2.15 bits per heavy atom. The highest BCUT2D eigenvalue weighted by Gasteiger charge is 2.25. The Hall–Kier alpha value is -1.21. The zero-order valence-corrected chi connectivity index (χ0v) is 12.9. The van der Waals surface area contributed by atoms with Gasteiger partial charge in [-0.15, -0.1) is 0 Å². The molecule has 0 aliphatic heterocycles. The van der Waals surface area contributed by atoms with E-state index in [9.17, 15) is 10.1 Å². The number of pyridine rings is 1. The number of hydrogen-bond donors (Lipinski definition) is 1. The van der Waals surface area contributed by atoms with E-state index >= 15 is 0 Å². The minimum absolute atomic E-state index is 0.0123. The highest BCUT2D eigenvalue weighted by Crippen LogP contribution is 2.33. The molecule has 0 bridgehead atoms. The number of rotatable bonds is 3. The molecular weight excluding hydrogens is 326 g/mol. The number of nitrogens with zero attached hydrogens (tertiary/aromatic N) is 2. The monoisotopic (exact) mass is 343 g/mol. The summed E-state index contributed by atoms with van der Waals surface area (Å²) >= 11 is 3.33. The van der Waals surface area contributed by atoms with E-state index in [4.69, 9.17) is 10.5 Å². The molecule has 0 radical (unpaired) electrons. The summed E-state index contributed by atoms with van der Waals surface area (Å²) in [6.07, 6.45) is 6.36. The highest BCUT2D eigenvalue weighted by atomic mass is 79.9. The van der Waals surface area contributed by atoms with Crippen LogP contribution in [0.4, 0.5) is 5.69 Å². The van der Waals surface area contributed by atoms with Crippen molar-refractivity contribution in [3.05, 3.63) is 26.3 Å². The first-order valence-corrected chi connectivity index (χ1v) is 7.51. The van der Waals surface area contributed by atoms with Crippen LogP contribution < -0.4 is 10.5 Å². The standard InChI is InChI=1S/C13H18BrN3O3/c1-8-10(17(18)19)7-16-13(12(8)14)20-11-6-4-2-3-5-9(11)15/h7,9,11H,2-6,15H2,1H3. The minimum atomic E-state index is -0.450. The smallest absolute Gasteiger partial charge is 0.291 e. The molecule has 1 fully saturated rings. The second-order valence-electron chi connectivity index (χ2n) is 5.10. The van der Waals surface area contributed by atoms with E-state index in [0.717, 1.165) is 25.7 Å². The lowest BCUT2D eigenvalue weighted by Gasteiger charge is -2.23. The van der Waals surface area contributed by atoms with Gasteiger partial charge in [-0.05, 0) is 42.1 Å². The zero-order chi connectivity index (χ0) is 14.7. The van der Waals surface area contributed by atoms with Gasteiger partial charge in [0.15, 0.2) is 0 Å². The fraction of sp³-hybridized carbons (Fsp3) is 0.615. The summed E-state index contributed by atoms with van der Waals surface area (Å²) in [7, 11) is 0. The van der Waals surface area contributed by atoms with Gasteiger partial charge in [0, 0.05) is 11.6 Å². The van der Waals surface area contributed by atoms with E-state index in [1.807, 2.05) is 0 Å². The van der Waals surface area contributed by atoms with Gasteiger partial charge in [-0.3, -0.25) is 10.1 Å². The van der Waals surface area contributed by atoms with Crippen molar-refractivity contribution >= 4 is 21.6 Å². The van der Waals surface area contributed by atoms with Crippen LogP contribution in [0.2, 0.25) is 0 Å². The van der Waals surface area contributed by atoms with Crippen molar-refractivity contribution < 1.29 is 9.66 Å². The molecule has 6 nitrogen and oxygen atoms in total. The maximum absolute atomic E-state index is 10.9. The van der Waals surface area contributed by atoms with E-state index in [1.54, 1.807) is 6.92 Å². The molecule has 0 aromatic carbocycles. The average molecular weight is 344 g/mol. The molecule has 110 valence electrons. The van der Waals surface area contributed by atoms with Crippen LogP contribution >= 0.6 is 15.9 Å². The van der Waals surface area contributed by atoms with E-state index in [1.165, 1.54) is 12.6 Å². The third-order valence-corrected chi connectivity index (χ3v) is 4.60. The summed E-state index contributed by atoms with van der Waals surface area (Å²) in [4.78, 5) is 14.5. The molecule has 1 aromatic heterocycles. The van der Waals surface area contributed by atoms with Crippen LogP contribution in [-0.4, -0.2) is 22.1 Å². The Morgan fingerprint density at radius 3 is 2.85 bits per heavy atom. The van der Waals surface area contributed by atoms with Crippen LogP contribution in [0, 0.1) is 17.0 Å². The van der Waals surface area contributed by atoms with E-state index in [-0.39, 0.29) is 17.8 Å². The first-order chi connectivity index (χ1) is 9.50. The predicted molar refractivity (Wildman–Crippen MR) is 78.8 cm³/mol. The Morgan fingerprint density at radius 1 is 1.45 bits per heavy atom. The molecule has 0 amide bonds. The molecule has 7 heteroatoms. The summed E-state index contributed by atoms with van der Waals surface area (Å²) in [6, 6.07) is -0.0123. The topological polar surface area (TPSA) is 91.3 Å². The predicted octanol–water partition coefficient (Wildman–Crippen LogP) is 3.10. The molecule has 0 spiro atoms. The lowest BCUT2D eigenvalue weighted by atomic mass is 10.1. The van der Waals surface area contributed by atoms with Crippen molar-refractivity contribution in [1.82, 2.24) is 4.98 Å². The number of hydrogen-bond acceptors (Lipinski definition) is 5. The molecule has 2 atom stereocenters. The maximum atomic E-state index is 10.9. The lowest BCUT2D eigenvalue weighted by molar-refractivity contribution is -0.385. The third kappa shape index (κ3) is 3.27. The molecule has 1 saturated carbocycles. The van der Waals surface area contributed by atoms with Crippen molar-refractivity contribution in [2.75, 3.05) is 0 Å². The average Bonchev–Trinajstić information content (AvgIpc) is 2.60. The molecule has 1 aromatic rings. The van der Waals surface area contributed by atoms with Gasteiger partial charge in [-0.1, -0.05) is 12.8 Å². The van der Waals surface area contributed by atoms with Gasteiger partial charge in [0.2, 0.25) is 5.88 Å². The van der Waals surface area contributed by atoms with Gasteiger partial charge < -0.3 is 10.5 Å². The van der Waals surface area contributed by atoms with Crippen LogP contribution in [0.1, 0.15) is 37.7 Å².